The lowest BCUT2D eigenvalue weighted by Crippen LogP contribution is -1.97. The van der Waals surface area contributed by atoms with Crippen molar-refractivity contribution < 1.29 is 0 Å². The third-order valence-corrected chi connectivity index (χ3v) is 3.65. The number of rotatable bonds is 2. The molecule has 0 saturated carbocycles. The lowest BCUT2D eigenvalue weighted by atomic mass is 10.2. The molecule has 0 atom stereocenters. The van der Waals surface area contributed by atoms with E-state index >= 15 is 0 Å². The predicted octanol–water partition coefficient (Wildman–Crippen LogP) is 4.16. The van der Waals surface area contributed by atoms with Crippen molar-refractivity contribution in [2.24, 2.45) is 0 Å². The fourth-order valence-electron chi connectivity index (χ4n) is 2.15. The van der Waals surface area contributed by atoms with Gasteiger partial charge in [-0.15, -0.1) is 0 Å². The van der Waals surface area contributed by atoms with E-state index in [0.29, 0.717) is 0 Å². The maximum atomic E-state index is 4.49. The lowest BCUT2D eigenvalue weighted by molar-refractivity contribution is 0.824. The molecule has 18 heavy (non-hydrogen) atoms. The summed E-state index contributed by atoms with van der Waals surface area (Å²) >= 11 is 3.45. The summed E-state index contributed by atoms with van der Waals surface area (Å²) in [4.78, 5) is 4.49. The van der Waals surface area contributed by atoms with Gasteiger partial charge in [-0.05, 0) is 36.2 Å². The number of para-hydroxylation sites is 1. The molecule has 0 radical (unpaired) electrons. The Balaban J connectivity index is 2.00. The summed E-state index contributed by atoms with van der Waals surface area (Å²) in [5, 5.41) is 0. The number of imidazole rings is 1. The van der Waals surface area contributed by atoms with Crippen molar-refractivity contribution in [3.05, 3.63) is 64.4 Å². The molecular weight excluding hydrogens is 288 g/mol. The van der Waals surface area contributed by atoms with Gasteiger partial charge in [0.05, 0.1) is 17.4 Å². The van der Waals surface area contributed by atoms with Gasteiger partial charge >= 0.3 is 0 Å². The minimum Gasteiger partial charge on any atom is -0.326 e. The van der Waals surface area contributed by atoms with Gasteiger partial charge in [-0.25, -0.2) is 4.98 Å². The SMILES string of the molecule is Cc1cccc2c1ncn2Cc1ccc(Br)cc1. The van der Waals surface area contributed by atoms with E-state index in [1.807, 2.05) is 6.33 Å². The van der Waals surface area contributed by atoms with E-state index < -0.39 is 0 Å². The first kappa shape index (κ1) is 11.5. The van der Waals surface area contributed by atoms with Crippen LogP contribution in [0.2, 0.25) is 0 Å². The minimum atomic E-state index is 0.854. The van der Waals surface area contributed by atoms with Crippen molar-refractivity contribution in [3.8, 4) is 0 Å². The Morgan fingerprint density at radius 1 is 1.11 bits per heavy atom. The molecule has 0 saturated heterocycles. The normalized spacial score (nSPS) is 11.0. The van der Waals surface area contributed by atoms with E-state index in [9.17, 15) is 0 Å². The average molecular weight is 301 g/mol. The number of aromatic nitrogens is 2. The van der Waals surface area contributed by atoms with Crippen molar-refractivity contribution in [2.45, 2.75) is 13.5 Å². The number of hydrogen-bond donors (Lipinski definition) is 0. The molecule has 0 spiro atoms. The number of fused-ring (bicyclic) bond motifs is 1. The fraction of sp³-hybridized carbons (Fsp3) is 0.133. The molecular formula is C15H13BrN2. The molecule has 0 N–H and O–H groups in total. The van der Waals surface area contributed by atoms with E-state index in [1.54, 1.807) is 0 Å². The molecule has 3 aromatic rings. The van der Waals surface area contributed by atoms with Gasteiger partial charge in [0.2, 0.25) is 0 Å². The van der Waals surface area contributed by atoms with Gasteiger partial charge in [-0.1, -0.05) is 40.2 Å². The largest absolute Gasteiger partial charge is 0.326 e. The first-order valence-electron chi connectivity index (χ1n) is 5.89. The molecule has 0 aliphatic carbocycles. The first-order chi connectivity index (χ1) is 8.74. The smallest absolute Gasteiger partial charge is 0.0961 e. The highest BCUT2D eigenvalue weighted by molar-refractivity contribution is 9.10. The van der Waals surface area contributed by atoms with Gasteiger partial charge < -0.3 is 4.57 Å². The summed E-state index contributed by atoms with van der Waals surface area (Å²) in [6.07, 6.45) is 1.92. The van der Waals surface area contributed by atoms with Gasteiger partial charge in [0.15, 0.2) is 0 Å². The Labute approximate surface area is 114 Å². The Hall–Kier alpha value is -1.61. The summed E-state index contributed by atoms with van der Waals surface area (Å²) in [5.41, 5.74) is 4.79. The second kappa shape index (κ2) is 4.58. The molecule has 3 heteroatoms. The van der Waals surface area contributed by atoms with Gasteiger partial charge in [0.25, 0.3) is 0 Å². The number of aryl methyl sites for hydroxylation is 1. The number of benzene rings is 2. The molecule has 0 aliphatic heterocycles. The third-order valence-electron chi connectivity index (χ3n) is 3.12. The maximum Gasteiger partial charge on any atom is 0.0961 e. The monoisotopic (exact) mass is 300 g/mol. The Bertz CT molecular complexity index is 683. The van der Waals surface area contributed by atoms with Crippen LogP contribution in [0.25, 0.3) is 11.0 Å². The molecule has 90 valence electrons. The predicted molar refractivity (Wildman–Crippen MR) is 77.7 cm³/mol. The van der Waals surface area contributed by atoms with Crippen LogP contribution in [0, 0.1) is 6.92 Å². The van der Waals surface area contributed by atoms with E-state index in [0.717, 1.165) is 16.5 Å². The van der Waals surface area contributed by atoms with Crippen molar-refractivity contribution in [1.29, 1.82) is 0 Å². The summed E-state index contributed by atoms with van der Waals surface area (Å²) in [6, 6.07) is 14.7. The fourth-order valence-corrected chi connectivity index (χ4v) is 2.41. The van der Waals surface area contributed by atoms with Crippen LogP contribution in [-0.2, 0) is 6.54 Å². The highest BCUT2D eigenvalue weighted by atomic mass is 79.9. The Morgan fingerprint density at radius 3 is 2.67 bits per heavy atom. The van der Waals surface area contributed by atoms with Crippen molar-refractivity contribution >= 4 is 27.0 Å². The third kappa shape index (κ3) is 2.06. The molecule has 0 aliphatic rings. The van der Waals surface area contributed by atoms with E-state index in [2.05, 4.69) is 74.9 Å². The first-order valence-corrected chi connectivity index (χ1v) is 6.68. The van der Waals surface area contributed by atoms with Crippen LogP contribution in [-0.4, -0.2) is 9.55 Å². The number of hydrogen-bond acceptors (Lipinski definition) is 1. The summed E-state index contributed by atoms with van der Waals surface area (Å²) in [6.45, 7) is 2.95. The summed E-state index contributed by atoms with van der Waals surface area (Å²) in [7, 11) is 0. The second-order valence-electron chi connectivity index (χ2n) is 4.44. The summed E-state index contributed by atoms with van der Waals surface area (Å²) in [5.74, 6) is 0. The van der Waals surface area contributed by atoms with Crippen LogP contribution in [0.5, 0.6) is 0 Å². The standard InChI is InChI=1S/C15H13BrN2/c1-11-3-2-4-14-15(11)17-10-18(14)9-12-5-7-13(16)8-6-12/h2-8,10H,9H2,1H3. The van der Waals surface area contributed by atoms with Crippen LogP contribution in [0.1, 0.15) is 11.1 Å². The summed E-state index contributed by atoms with van der Waals surface area (Å²) < 4.78 is 3.29. The zero-order valence-corrected chi connectivity index (χ0v) is 11.7. The van der Waals surface area contributed by atoms with E-state index in [4.69, 9.17) is 0 Å². The highest BCUT2D eigenvalue weighted by Gasteiger charge is 2.04. The topological polar surface area (TPSA) is 17.8 Å². The lowest BCUT2D eigenvalue weighted by Gasteiger charge is -2.05. The second-order valence-corrected chi connectivity index (χ2v) is 5.36. The Morgan fingerprint density at radius 2 is 1.89 bits per heavy atom. The Kier molecular flexibility index (Phi) is 2.92. The minimum absolute atomic E-state index is 0.854. The molecule has 2 nitrogen and oxygen atoms in total. The van der Waals surface area contributed by atoms with E-state index in [1.165, 1.54) is 16.6 Å². The molecule has 3 rings (SSSR count). The molecule has 1 aromatic heterocycles. The van der Waals surface area contributed by atoms with Crippen molar-refractivity contribution in [1.82, 2.24) is 9.55 Å². The van der Waals surface area contributed by atoms with Crippen LogP contribution in [0.4, 0.5) is 0 Å². The van der Waals surface area contributed by atoms with Crippen LogP contribution >= 0.6 is 15.9 Å². The quantitative estimate of drug-likeness (QED) is 0.695. The molecule has 1 heterocycles. The number of halogens is 1. The molecule has 0 fully saturated rings. The molecule has 0 bridgehead atoms. The van der Waals surface area contributed by atoms with E-state index in [-0.39, 0.29) is 0 Å². The maximum absolute atomic E-state index is 4.49. The zero-order chi connectivity index (χ0) is 12.5. The van der Waals surface area contributed by atoms with Crippen LogP contribution in [0.15, 0.2) is 53.3 Å². The van der Waals surface area contributed by atoms with Crippen molar-refractivity contribution in [3.63, 3.8) is 0 Å². The van der Waals surface area contributed by atoms with Gasteiger partial charge in [-0.3, -0.25) is 0 Å². The molecule has 0 amide bonds. The number of nitrogens with zero attached hydrogens (tertiary/aromatic N) is 2. The molecule has 2 aromatic carbocycles. The van der Waals surface area contributed by atoms with Gasteiger partial charge in [0, 0.05) is 11.0 Å². The average Bonchev–Trinajstić information content (AvgIpc) is 2.77. The highest BCUT2D eigenvalue weighted by Crippen LogP contribution is 2.18. The van der Waals surface area contributed by atoms with Crippen molar-refractivity contribution in [2.75, 3.05) is 0 Å². The zero-order valence-electron chi connectivity index (χ0n) is 10.1. The van der Waals surface area contributed by atoms with Crippen LogP contribution in [0.3, 0.4) is 0 Å². The van der Waals surface area contributed by atoms with Gasteiger partial charge in [-0.2, -0.15) is 0 Å². The molecule has 0 unspecified atom stereocenters. The van der Waals surface area contributed by atoms with Gasteiger partial charge in [0.1, 0.15) is 0 Å². The van der Waals surface area contributed by atoms with Crippen LogP contribution < -0.4 is 0 Å².